The molecule has 3 nitrogen and oxygen atoms in total. The molecule has 2 rings (SSSR count). The van der Waals surface area contributed by atoms with Crippen LogP contribution in [0.2, 0.25) is 0 Å². The molecule has 0 radical (unpaired) electrons. The average Bonchev–Trinajstić information content (AvgIpc) is 2.67. The van der Waals surface area contributed by atoms with E-state index < -0.39 is 0 Å². The topological polar surface area (TPSA) is 42.0 Å². The smallest absolute Gasteiger partial charge is 0.261 e. The number of hydrogen-bond acceptors (Lipinski definition) is 3. The first-order valence-electron chi connectivity index (χ1n) is 5.41. The summed E-state index contributed by atoms with van der Waals surface area (Å²) in [6.45, 7) is 4.49. The van der Waals surface area contributed by atoms with Gasteiger partial charge in [-0.25, -0.2) is 0 Å². The molecule has 0 aliphatic heterocycles. The predicted molar refractivity (Wildman–Crippen MR) is 69.2 cm³/mol. The Morgan fingerprint density at radius 1 is 1.47 bits per heavy atom. The van der Waals surface area contributed by atoms with E-state index in [4.69, 9.17) is 0 Å². The summed E-state index contributed by atoms with van der Waals surface area (Å²) in [6, 6.07) is 5.84. The number of hydrogen-bond donors (Lipinski definition) is 1. The van der Waals surface area contributed by atoms with Gasteiger partial charge in [0.05, 0.1) is 4.88 Å². The second kappa shape index (κ2) is 5.10. The van der Waals surface area contributed by atoms with Gasteiger partial charge >= 0.3 is 0 Å². The maximum Gasteiger partial charge on any atom is 0.261 e. The zero-order chi connectivity index (χ0) is 12.3. The van der Waals surface area contributed by atoms with Gasteiger partial charge in [-0.2, -0.15) is 0 Å². The van der Waals surface area contributed by atoms with E-state index in [0.29, 0.717) is 6.54 Å². The lowest BCUT2D eigenvalue weighted by Gasteiger charge is -2.03. The molecule has 4 heteroatoms. The fourth-order valence-corrected chi connectivity index (χ4v) is 2.57. The fourth-order valence-electron chi connectivity index (χ4n) is 1.63. The molecule has 2 heterocycles. The number of pyridine rings is 1. The van der Waals surface area contributed by atoms with Crippen molar-refractivity contribution in [3.63, 3.8) is 0 Å². The highest BCUT2D eigenvalue weighted by Gasteiger charge is 2.11. The van der Waals surface area contributed by atoms with Crippen LogP contribution in [0.5, 0.6) is 0 Å². The molecular weight excluding hydrogens is 232 g/mol. The van der Waals surface area contributed by atoms with E-state index in [0.717, 1.165) is 20.9 Å². The molecule has 0 aliphatic carbocycles. The first kappa shape index (κ1) is 11.8. The number of carbonyl (C=O) groups excluding carboxylic acids is 1. The minimum absolute atomic E-state index is 0.00977. The molecule has 1 amide bonds. The number of aromatic nitrogens is 1. The van der Waals surface area contributed by atoms with Crippen LogP contribution in [0.1, 0.15) is 25.7 Å². The molecule has 1 N–H and O–H groups in total. The maximum atomic E-state index is 11.9. The van der Waals surface area contributed by atoms with Crippen LogP contribution in [-0.4, -0.2) is 10.9 Å². The van der Waals surface area contributed by atoms with Crippen molar-refractivity contribution in [2.75, 3.05) is 0 Å². The number of nitrogens with one attached hydrogen (secondary N) is 1. The van der Waals surface area contributed by atoms with Gasteiger partial charge in [-0.3, -0.25) is 9.78 Å². The molecule has 0 aliphatic rings. The Labute approximate surface area is 105 Å². The van der Waals surface area contributed by atoms with Crippen molar-refractivity contribution in [1.82, 2.24) is 10.3 Å². The van der Waals surface area contributed by atoms with Crippen molar-refractivity contribution in [3.05, 3.63) is 51.5 Å². The molecule has 2 aromatic rings. The van der Waals surface area contributed by atoms with Crippen LogP contribution in [0, 0.1) is 13.8 Å². The molecule has 88 valence electrons. The van der Waals surface area contributed by atoms with Gasteiger partial charge in [0, 0.05) is 23.8 Å². The fraction of sp³-hybridized carbons (Fsp3) is 0.231. The number of aryl methyl sites for hydroxylation is 2. The van der Waals surface area contributed by atoms with Crippen LogP contribution < -0.4 is 5.32 Å². The lowest BCUT2D eigenvalue weighted by molar-refractivity contribution is 0.0954. The summed E-state index contributed by atoms with van der Waals surface area (Å²) in [4.78, 5) is 17.9. The first-order chi connectivity index (χ1) is 8.16. The summed E-state index contributed by atoms with van der Waals surface area (Å²) in [5.74, 6) is -0.00977. The molecule has 0 saturated heterocycles. The van der Waals surface area contributed by atoms with Crippen LogP contribution in [0.15, 0.2) is 30.6 Å². The Bertz CT molecular complexity index is 519. The molecule has 0 atom stereocenters. The predicted octanol–water partition coefficient (Wildman–Crippen LogP) is 2.69. The number of amides is 1. The molecule has 2 aromatic heterocycles. The van der Waals surface area contributed by atoms with Gasteiger partial charge in [0.15, 0.2) is 0 Å². The van der Waals surface area contributed by atoms with Gasteiger partial charge in [-0.05, 0) is 37.1 Å². The molecule has 0 bridgehead atoms. The molecule has 0 spiro atoms. The van der Waals surface area contributed by atoms with Crippen LogP contribution in [0.4, 0.5) is 0 Å². The second-order valence-electron chi connectivity index (χ2n) is 3.91. The third-order valence-corrected chi connectivity index (χ3v) is 3.57. The van der Waals surface area contributed by atoms with Crippen LogP contribution in [-0.2, 0) is 6.54 Å². The van der Waals surface area contributed by atoms with Gasteiger partial charge in [0.2, 0.25) is 0 Å². The van der Waals surface area contributed by atoms with E-state index >= 15 is 0 Å². The van der Waals surface area contributed by atoms with Gasteiger partial charge in [0.1, 0.15) is 0 Å². The minimum atomic E-state index is -0.00977. The highest BCUT2D eigenvalue weighted by Crippen LogP contribution is 2.20. The van der Waals surface area contributed by atoms with Gasteiger partial charge in [-0.1, -0.05) is 6.07 Å². The van der Waals surface area contributed by atoms with E-state index in [-0.39, 0.29) is 5.91 Å². The summed E-state index contributed by atoms with van der Waals surface area (Å²) >= 11 is 1.53. The molecular formula is C13H14N2OS. The average molecular weight is 246 g/mol. The lowest BCUT2D eigenvalue weighted by atomic mass is 10.2. The third-order valence-electron chi connectivity index (χ3n) is 2.42. The molecule has 17 heavy (non-hydrogen) atoms. The zero-order valence-electron chi connectivity index (χ0n) is 9.86. The normalized spacial score (nSPS) is 10.2. The Hall–Kier alpha value is -1.68. The van der Waals surface area contributed by atoms with Crippen LogP contribution in [0.25, 0.3) is 0 Å². The number of nitrogens with zero attached hydrogens (tertiary/aromatic N) is 1. The number of thiophene rings is 1. The van der Waals surface area contributed by atoms with Crippen molar-refractivity contribution < 1.29 is 4.79 Å². The quantitative estimate of drug-likeness (QED) is 0.904. The second-order valence-corrected chi connectivity index (χ2v) is 5.17. The SMILES string of the molecule is Cc1cc(C)c(C(=O)NCc2cccnc2)s1. The van der Waals surface area contributed by atoms with Gasteiger partial charge in [-0.15, -0.1) is 11.3 Å². The summed E-state index contributed by atoms with van der Waals surface area (Å²) < 4.78 is 0. The first-order valence-corrected chi connectivity index (χ1v) is 6.22. The molecule has 0 fully saturated rings. The van der Waals surface area contributed by atoms with Crippen molar-refractivity contribution in [2.45, 2.75) is 20.4 Å². The largest absolute Gasteiger partial charge is 0.347 e. The summed E-state index contributed by atoms with van der Waals surface area (Å²) in [6.07, 6.45) is 3.48. The van der Waals surface area contributed by atoms with Crippen LogP contribution >= 0.6 is 11.3 Å². The highest BCUT2D eigenvalue weighted by molar-refractivity contribution is 7.14. The van der Waals surface area contributed by atoms with Crippen molar-refractivity contribution >= 4 is 17.2 Å². The van der Waals surface area contributed by atoms with Crippen LogP contribution in [0.3, 0.4) is 0 Å². The summed E-state index contributed by atoms with van der Waals surface area (Å²) in [5, 5.41) is 2.90. The van der Waals surface area contributed by atoms with Gasteiger partial charge < -0.3 is 5.32 Å². The van der Waals surface area contributed by atoms with Gasteiger partial charge in [0.25, 0.3) is 5.91 Å². The Morgan fingerprint density at radius 2 is 2.29 bits per heavy atom. The zero-order valence-corrected chi connectivity index (χ0v) is 10.7. The Kier molecular flexibility index (Phi) is 3.54. The molecule has 0 unspecified atom stereocenters. The maximum absolute atomic E-state index is 11.9. The Balaban J connectivity index is 2.01. The Morgan fingerprint density at radius 3 is 2.88 bits per heavy atom. The highest BCUT2D eigenvalue weighted by atomic mass is 32.1. The lowest BCUT2D eigenvalue weighted by Crippen LogP contribution is -2.22. The van der Waals surface area contributed by atoms with Crippen molar-refractivity contribution in [1.29, 1.82) is 0 Å². The summed E-state index contributed by atoms with van der Waals surface area (Å²) in [7, 11) is 0. The monoisotopic (exact) mass is 246 g/mol. The third kappa shape index (κ3) is 2.91. The minimum Gasteiger partial charge on any atom is -0.347 e. The number of carbonyl (C=O) groups is 1. The van der Waals surface area contributed by atoms with E-state index in [9.17, 15) is 4.79 Å². The standard InChI is InChI=1S/C13H14N2OS/c1-9-6-10(2)17-12(9)13(16)15-8-11-4-3-5-14-7-11/h3-7H,8H2,1-2H3,(H,15,16). The number of rotatable bonds is 3. The molecule has 0 saturated carbocycles. The van der Waals surface area contributed by atoms with E-state index in [2.05, 4.69) is 10.3 Å². The summed E-state index contributed by atoms with van der Waals surface area (Å²) in [5.41, 5.74) is 2.04. The van der Waals surface area contributed by atoms with E-state index in [1.165, 1.54) is 11.3 Å². The van der Waals surface area contributed by atoms with Crippen molar-refractivity contribution in [3.8, 4) is 0 Å². The van der Waals surface area contributed by atoms with E-state index in [1.807, 2.05) is 32.0 Å². The molecule has 0 aromatic carbocycles. The van der Waals surface area contributed by atoms with Crippen molar-refractivity contribution in [2.24, 2.45) is 0 Å². The van der Waals surface area contributed by atoms with E-state index in [1.54, 1.807) is 12.4 Å².